The van der Waals surface area contributed by atoms with Crippen molar-refractivity contribution >= 4 is 27.3 Å². The summed E-state index contributed by atoms with van der Waals surface area (Å²) in [6.07, 6.45) is 0.774. The fourth-order valence-corrected chi connectivity index (χ4v) is 5.42. The van der Waals surface area contributed by atoms with Crippen LogP contribution >= 0.6 is 0 Å². The van der Waals surface area contributed by atoms with E-state index in [1.807, 2.05) is 57.2 Å². The average Bonchev–Trinajstić information content (AvgIpc) is 3.19. The number of fused-ring (bicyclic) bond motifs is 1. The first-order chi connectivity index (χ1) is 14.8. The van der Waals surface area contributed by atoms with Crippen LogP contribution in [0.2, 0.25) is 0 Å². The van der Waals surface area contributed by atoms with E-state index < -0.39 is 10.0 Å². The van der Waals surface area contributed by atoms with Crippen molar-refractivity contribution in [2.75, 3.05) is 22.3 Å². The summed E-state index contributed by atoms with van der Waals surface area (Å²) in [6.45, 7) is 6.04. The lowest BCUT2D eigenvalue weighted by molar-refractivity contribution is -0.117. The molecule has 5 nitrogen and oxygen atoms in total. The highest BCUT2D eigenvalue weighted by atomic mass is 32.2. The molecule has 0 aliphatic carbocycles. The summed E-state index contributed by atoms with van der Waals surface area (Å²) in [5.41, 5.74) is 5.29. The smallest absolute Gasteiger partial charge is 0.264 e. The highest BCUT2D eigenvalue weighted by molar-refractivity contribution is 7.92. The molecule has 31 heavy (non-hydrogen) atoms. The van der Waals surface area contributed by atoms with Gasteiger partial charge in [-0.2, -0.15) is 0 Å². The van der Waals surface area contributed by atoms with Crippen LogP contribution in [0.1, 0.15) is 22.3 Å². The second-order valence-electron chi connectivity index (χ2n) is 7.97. The van der Waals surface area contributed by atoms with Crippen molar-refractivity contribution in [1.29, 1.82) is 0 Å². The van der Waals surface area contributed by atoms with Crippen LogP contribution in [0, 0.1) is 20.8 Å². The van der Waals surface area contributed by atoms with Crippen LogP contribution < -0.4 is 9.21 Å². The number of aryl methyl sites for hydroxylation is 2. The molecular weight excluding hydrogens is 408 g/mol. The topological polar surface area (TPSA) is 57.7 Å². The molecule has 0 saturated carbocycles. The molecule has 0 radical (unpaired) electrons. The number of hydrogen-bond acceptors (Lipinski definition) is 3. The summed E-state index contributed by atoms with van der Waals surface area (Å²) < 4.78 is 28.6. The summed E-state index contributed by atoms with van der Waals surface area (Å²) in [6, 6.07) is 20.0. The van der Waals surface area contributed by atoms with Crippen LogP contribution in [0.4, 0.5) is 11.4 Å². The number of sulfonamides is 1. The molecule has 1 amide bonds. The van der Waals surface area contributed by atoms with Gasteiger partial charge < -0.3 is 4.90 Å². The van der Waals surface area contributed by atoms with E-state index >= 15 is 0 Å². The molecular formula is C25H26N2O3S. The summed E-state index contributed by atoms with van der Waals surface area (Å²) in [7, 11) is -3.93. The summed E-state index contributed by atoms with van der Waals surface area (Å²) in [4.78, 5) is 15.2. The first kappa shape index (κ1) is 21.1. The Morgan fingerprint density at radius 3 is 2.39 bits per heavy atom. The van der Waals surface area contributed by atoms with Gasteiger partial charge in [-0.15, -0.1) is 0 Å². The van der Waals surface area contributed by atoms with E-state index in [-0.39, 0.29) is 17.3 Å². The van der Waals surface area contributed by atoms with Crippen molar-refractivity contribution in [2.24, 2.45) is 0 Å². The Morgan fingerprint density at radius 2 is 1.65 bits per heavy atom. The summed E-state index contributed by atoms with van der Waals surface area (Å²) in [5.74, 6) is -0.235. The number of amides is 1. The molecule has 160 valence electrons. The van der Waals surface area contributed by atoms with Gasteiger partial charge in [-0.05, 0) is 68.1 Å². The maximum absolute atomic E-state index is 13.7. The van der Waals surface area contributed by atoms with Crippen LogP contribution in [-0.2, 0) is 21.2 Å². The third-order valence-electron chi connectivity index (χ3n) is 5.92. The molecule has 4 rings (SSSR count). The molecule has 3 aromatic carbocycles. The van der Waals surface area contributed by atoms with Crippen LogP contribution in [0.3, 0.4) is 0 Å². The number of nitrogens with zero attached hydrogens (tertiary/aromatic N) is 2. The van der Waals surface area contributed by atoms with Crippen molar-refractivity contribution in [1.82, 2.24) is 0 Å². The molecule has 3 aromatic rings. The third kappa shape index (κ3) is 3.95. The standard InChI is InChI=1S/C25H26N2O3S/c1-18-11-13-22(14-12-18)31(29,30)27(23-10-6-7-19(2)20(23)3)17-25(28)26-16-15-21-8-4-5-9-24(21)26/h4-14H,15-17H2,1-3H3. The zero-order chi connectivity index (χ0) is 22.2. The normalized spacial score (nSPS) is 13.2. The molecule has 6 heteroatoms. The molecule has 0 saturated heterocycles. The van der Waals surface area contributed by atoms with Gasteiger partial charge in [-0.25, -0.2) is 8.42 Å². The van der Waals surface area contributed by atoms with E-state index in [1.54, 1.807) is 35.2 Å². The zero-order valence-electron chi connectivity index (χ0n) is 18.0. The lowest BCUT2D eigenvalue weighted by atomic mass is 10.1. The Balaban J connectivity index is 1.75. The zero-order valence-corrected chi connectivity index (χ0v) is 18.8. The number of benzene rings is 3. The molecule has 0 fully saturated rings. The first-order valence-corrected chi connectivity index (χ1v) is 11.8. The Kier molecular flexibility index (Phi) is 5.58. The largest absolute Gasteiger partial charge is 0.310 e. The van der Waals surface area contributed by atoms with E-state index in [4.69, 9.17) is 0 Å². The number of hydrogen-bond donors (Lipinski definition) is 0. The Bertz CT molecular complexity index is 1230. The van der Waals surface area contributed by atoms with E-state index in [1.165, 1.54) is 4.31 Å². The quantitative estimate of drug-likeness (QED) is 0.598. The number of carbonyl (C=O) groups is 1. The first-order valence-electron chi connectivity index (χ1n) is 10.3. The second kappa shape index (κ2) is 8.19. The van der Waals surface area contributed by atoms with Gasteiger partial charge in [0.1, 0.15) is 6.54 Å². The Hall–Kier alpha value is -3.12. The minimum absolute atomic E-state index is 0.175. The van der Waals surface area contributed by atoms with Gasteiger partial charge >= 0.3 is 0 Å². The van der Waals surface area contributed by atoms with Crippen LogP contribution in [-0.4, -0.2) is 27.4 Å². The molecule has 1 aliphatic rings. The molecule has 1 heterocycles. The van der Waals surface area contributed by atoms with Gasteiger partial charge in [0, 0.05) is 12.2 Å². The number of carbonyl (C=O) groups excluding carboxylic acids is 1. The van der Waals surface area contributed by atoms with Gasteiger partial charge in [-0.3, -0.25) is 9.10 Å². The molecule has 1 aliphatic heterocycles. The molecule has 0 aromatic heterocycles. The van der Waals surface area contributed by atoms with Crippen molar-refractivity contribution in [3.05, 3.63) is 89.0 Å². The minimum Gasteiger partial charge on any atom is -0.310 e. The van der Waals surface area contributed by atoms with Gasteiger partial charge in [-0.1, -0.05) is 48.0 Å². The van der Waals surface area contributed by atoms with Gasteiger partial charge in [0.2, 0.25) is 5.91 Å². The predicted molar refractivity (Wildman–Crippen MR) is 124 cm³/mol. The van der Waals surface area contributed by atoms with E-state index in [0.717, 1.165) is 34.4 Å². The van der Waals surface area contributed by atoms with Gasteiger partial charge in [0.25, 0.3) is 10.0 Å². The van der Waals surface area contributed by atoms with E-state index in [0.29, 0.717) is 12.2 Å². The predicted octanol–water partition coefficient (Wildman–Crippen LogP) is 4.40. The van der Waals surface area contributed by atoms with Crippen molar-refractivity contribution < 1.29 is 13.2 Å². The van der Waals surface area contributed by atoms with Crippen LogP contribution in [0.25, 0.3) is 0 Å². The second-order valence-corrected chi connectivity index (χ2v) is 9.83. The Morgan fingerprint density at radius 1 is 0.935 bits per heavy atom. The fourth-order valence-electron chi connectivity index (χ4n) is 3.95. The van der Waals surface area contributed by atoms with Gasteiger partial charge in [0.05, 0.1) is 10.6 Å². The fraction of sp³-hybridized carbons (Fsp3) is 0.240. The molecule has 0 spiro atoms. The monoisotopic (exact) mass is 434 g/mol. The summed E-state index contributed by atoms with van der Waals surface area (Å²) in [5, 5.41) is 0. The third-order valence-corrected chi connectivity index (χ3v) is 7.69. The van der Waals surface area contributed by atoms with Crippen LogP contribution in [0.15, 0.2) is 71.6 Å². The molecule has 0 N–H and O–H groups in total. The minimum atomic E-state index is -3.93. The maximum atomic E-state index is 13.7. The molecule has 0 atom stereocenters. The molecule has 0 unspecified atom stereocenters. The number of para-hydroxylation sites is 1. The van der Waals surface area contributed by atoms with Crippen molar-refractivity contribution in [3.63, 3.8) is 0 Å². The van der Waals surface area contributed by atoms with Crippen molar-refractivity contribution in [2.45, 2.75) is 32.1 Å². The number of anilines is 2. The molecule has 0 bridgehead atoms. The Labute approximate surface area is 184 Å². The SMILES string of the molecule is Cc1ccc(S(=O)(=O)N(CC(=O)N2CCc3ccccc32)c2cccc(C)c2C)cc1. The highest BCUT2D eigenvalue weighted by Gasteiger charge is 2.32. The van der Waals surface area contributed by atoms with Crippen LogP contribution in [0.5, 0.6) is 0 Å². The average molecular weight is 435 g/mol. The maximum Gasteiger partial charge on any atom is 0.264 e. The van der Waals surface area contributed by atoms with Gasteiger partial charge in [0.15, 0.2) is 0 Å². The highest BCUT2D eigenvalue weighted by Crippen LogP contribution is 2.31. The van der Waals surface area contributed by atoms with E-state index in [9.17, 15) is 13.2 Å². The lowest BCUT2D eigenvalue weighted by Crippen LogP contribution is -2.43. The van der Waals surface area contributed by atoms with E-state index in [2.05, 4.69) is 0 Å². The number of rotatable bonds is 5. The van der Waals surface area contributed by atoms with Crippen molar-refractivity contribution in [3.8, 4) is 0 Å². The lowest BCUT2D eigenvalue weighted by Gasteiger charge is -2.28. The summed E-state index contributed by atoms with van der Waals surface area (Å²) >= 11 is 0.